The summed E-state index contributed by atoms with van der Waals surface area (Å²) < 4.78 is 5.49. The van der Waals surface area contributed by atoms with Gasteiger partial charge in [0.05, 0.1) is 12.3 Å². The largest absolute Gasteiger partial charge is 0.490 e. The Labute approximate surface area is 88.1 Å². The first-order valence-corrected chi connectivity index (χ1v) is 4.90. The summed E-state index contributed by atoms with van der Waals surface area (Å²) in [6.45, 7) is 1.46. The van der Waals surface area contributed by atoms with E-state index >= 15 is 0 Å². The molecular weight excluding hydrogens is 194 g/mol. The van der Waals surface area contributed by atoms with Crippen molar-refractivity contribution in [3.8, 4) is 5.75 Å². The van der Waals surface area contributed by atoms with Crippen molar-refractivity contribution in [1.82, 2.24) is 0 Å². The van der Waals surface area contributed by atoms with Crippen molar-refractivity contribution in [2.24, 2.45) is 0 Å². The second-order valence-electron chi connectivity index (χ2n) is 3.58. The van der Waals surface area contributed by atoms with Crippen LogP contribution in [0.3, 0.4) is 0 Å². The van der Waals surface area contributed by atoms with E-state index in [-0.39, 0.29) is 5.56 Å². The first kappa shape index (κ1) is 9.83. The van der Waals surface area contributed by atoms with Crippen LogP contribution in [0.5, 0.6) is 5.75 Å². The van der Waals surface area contributed by atoms with Gasteiger partial charge in [-0.3, -0.25) is 0 Å². The fourth-order valence-corrected chi connectivity index (χ4v) is 1.74. The quantitative estimate of drug-likeness (QED) is 0.760. The molecular formula is C11H13NO3. The zero-order chi connectivity index (χ0) is 10.8. The summed E-state index contributed by atoms with van der Waals surface area (Å²) in [6.07, 6.45) is 0.907. The van der Waals surface area contributed by atoms with Gasteiger partial charge in [-0.25, -0.2) is 4.79 Å². The summed E-state index contributed by atoms with van der Waals surface area (Å²) in [4.78, 5) is 13.0. The number of rotatable bonds is 1. The summed E-state index contributed by atoms with van der Waals surface area (Å²) in [6, 6.07) is 5.20. The number of anilines is 1. The lowest BCUT2D eigenvalue weighted by molar-refractivity contribution is 0.0692. The maximum Gasteiger partial charge on any atom is 0.339 e. The highest BCUT2D eigenvalue weighted by molar-refractivity contribution is 5.93. The van der Waals surface area contributed by atoms with E-state index in [0.29, 0.717) is 12.4 Å². The van der Waals surface area contributed by atoms with Crippen molar-refractivity contribution in [2.45, 2.75) is 6.42 Å². The summed E-state index contributed by atoms with van der Waals surface area (Å²) in [5.41, 5.74) is 1.09. The first-order chi connectivity index (χ1) is 7.20. The number of benzene rings is 1. The van der Waals surface area contributed by atoms with E-state index in [0.717, 1.165) is 18.7 Å². The second-order valence-corrected chi connectivity index (χ2v) is 3.58. The Bertz CT molecular complexity index is 389. The van der Waals surface area contributed by atoms with Gasteiger partial charge in [-0.15, -0.1) is 0 Å². The van der Waals surface area contributed by atoms with Gasteiger partial charge < -0.3 is 14.7 Å². The predicted octanol–water partition coefficient (Wildman–Crippen LogP) is 1.60. The van der Waals surface area contributed by atoms with Crippen LogP contribution in [0.4, 0.5) is 5.69 Å². The van der Waals surface area contributed by atoms with E-state index in [4.69, 9.17) is 9.84 Å². The molecule has 0 bridgehead atoms. The average Bonchev–Trinajstić information content (AvgIpc) is 2.40. The Kier molecular flexibility index (Phi) is 2.49. The molecule has 2 rings (SSSR count). The zero-order valence-electron chi connectivity index (χ0n) is 8.56. The van der Waals surface area contributed by atoms with Gasteiger partial charge in [-0.1, -0.05) is 6.07 Å². The molecule has 0 unspecified atom stereocenters. The second kappa shape index (κ2) is 3.81. The predicted molar refractivity (Wildman–Crippen MR) is 56.8 cm³/mol. The highest BCUT2D eigenvalue weighted by atomic mass is 16.5. The van der Waals surface area contributed by atoms with Crippen LogP contribution in [0.2, 0.25) is 0 Å². The van der Waals surface area contributed by atoms with Crippen LogP contribution < -0.4 is 9.64 Å². The molecule has 1 aliphatic rings. The molecule has 0 atom stereocenters. The normalized spacial score (nSPS) is 15.1. The number of hydrogen-bond acceptors (Lipinski definition) is 3. The smallest absolute Gasteiger partial charge is 0.339 e. The number of aromatic carboxylic acids is 1. The van der Waals surface area contributed by atoms with Gasteiger partial charge in [0.1, 0.15) is 5.56 Å². The molecule has 4 nitrogen and oxygen atoms in total. The van der Waals surface area contributed by atoms with Crippen LogP contribution >= 0.6 is 0 Å². The number of para-hydroxylation sites is 1. The van der Waals surface area contributed by atoms with Crippen LogP contribution in [0.1, 0.15) is 16.8 Å². The molecule has 4 heteroatoms. The summed E-state index contributed by atoms with van der Waals surface area (Å²) in [5.74, 6) is -0.452. The van der Waals surface area contributed by atoms with E-state index < -0.39 is 5.97 Å². The van der Waals surface area contributed by atoms with E-state index in [1.165, 1.54) is 0 Å². The lowest BCUT2D eigenvalue weighted by Crippen LogP contribution is -2.17. The van der Waals surface area contributed by atoms with Gasteiger partial charge in [0.25, 0.3) is 0 Å². The van der Waals surface area contributed by atoms with Gasteiger partial charge in [-0.05, 0) is 18.6 Å². The minimum Gasteiger partial charge on any atom is -0.490 e. The van der Waals surface area contributed by atoms with Gasteiger partial charge >= 0.3 is 5.97 Å². The van der Waals surface area contributed by atoms with Crippen molar-refractivity contribution in [3.05, 3.63) is 23.8 Å². The fraction of sp³-hybridized carbons (Fsp3) is 0.364. The molecule has 0 saturated carbocycles. The molecule has 0 amide bonds. The Balaban J connectivity index is 2.53. The maximum atomic E-state index is 11.0. The summed E-state index contributed by atoms with van der Waals surface area (Å²) in [5, 5.41) is 9.02. The molecule has 1 aromatic rings. The van der Waals surface area contributed by atoms with E-state index in [9.17, 15) is 4.79 Å². The molecule has 0 saturated heterocycles. The number of hydrogen-bond donors (Lipinski definition) is 1. The number of carboxylic acids is 1. The Morgan fingerprint density at radius 2 is 2.33 bits per heavy atom. The molecule has 80 valence electrons. The first-order valence-electron chi connectivity index (χ1n) is 4.90. The van der Waals surface area contributed by atoms with E-state index in [1.54, 1.807) is 12.1 Å². The van der Waals surface area contributed by atoms with Crippen LogP contribution in [0.25, 0.3) is 0 Å². The van der Waals surface area contributed by atoms with Crippen molar-refractivity contribution >= 4 is 11.7 Å². The van der Waals surface area contributed by atoms with Crippen molar-refractivity contribution in [3.63, 3.8) is 0 Å². The third kappa shape index (κ3) is 1.75. The summed E-state index contributed by atoms with van der Waals surface area (Å²) >= 11 is 0. The van der Waals surface area contributed by atoms with Crippen molar-refractivity contribution < 1.29 is 14.6 Å². The molecule has 0 aromatic heterocycles. The third-order valence-electron chi connectivity index (χ3n) is 2.52. The van der Waals surface area contributed by atoms with Crippen molar-refractivity contribution in [1.29, 1.82) is 0 Å². The van der Waals surface area contributed by atoms with Gasteiger partial charge in [0.15, 0.2) is 5.75 Å². The van der Waals surface area contributed by atoms with E-state index in [2.05, 4.69) is 0 Å². The third-order valence-corrected chi connectivity index (χ3v) is 2.52. The van der Waals surface area contributed by atoms with Crippen LogP contribution in [0.15, 0.2) is 18.2 Å². The molecule has 0 radical (unpaired) electrons. The summed E-state index contributed by atoms with van der Waals surface area (Å²) in [7, 11) is 1.94. The minimum atomic E-state index is -0.942. The monoisotopic (exact) mass is 207 g/mol. The average molecular weight is 207 g/mol. The Hall–Kier alpha value is -1.71. The Morgan fingerprint density at radius 1 is 1.53 bits per heavy atom. The molecule has 0 spiro atoms. The SMILES string of the molecule is CN1CCCOc2c(C(=O)O)cccc21. The minimum absolute atomic E-state index is 0.237. The van der Waals surface area contributed by atoms with Crippen LogP contribution in [-0.4, -0.2) is 31.3 Å². The number of ether oxygens (including phenoxy) is 1. The molecule has 0 fully saturated rings. The lowest BCUT2D eigenvalue weighted by Gasteiger charge is -2.18. The highest BCUT2D eigenvalue weighted by Crippen LogP contribution is 2.33. The Morgan fingerprint density at radius 3 is 3.07 bits per heavy atom. The zero-order valence-corrected chi connectivity index (χ0v) is 8.56. The van der Waals surface area contributed by atoms with E-state index in [1.807, 2.05) is 18.0 Å². The number of carbonyl (C=O) groups is 1. The number of carboxylic acid groups (broad SMARTS) is 1. The van der Waals surface area contributed by atoms with Crippen LogP contribution in [-0.2, 0) is 0 Å². The van der Waals surface area contributed by atoms with Gasteiger partial charge in [-0.2, -0.15) is 0 Å². The van der Waals surface area contributed by atoms with Gasteiger partial charge in [0.2, 0.25) is 0 Å². The van der Waals surface area contributed by atoms with Crippen LogP contribution in [0, 0.1) is 0 Å². The molecule has 1 heterocycles. The molecule has 1 aromatic carbocycles. The molecule has 1 N–H and O–H groups in total. The number of fused-ring (bicyclic) bond motifs is 1. The highest BCUT2D eigenvalue weighted by Gasteiger charge is 2.19. The fourth-order valence-electron chi connectivity index (χ4n) is 1.74. The molecule has 15 heavy (non-hydrogen) atoms. The number of nitrogens with zero attached hydrogens (tertiary/aromatic N) is 1. The maximum absolute atomic E-state index is 11.0. The lowest BCUT2D eigenvalue weighted by atomic mass is 10.1. The standard InChI is InChI=1S/C11H13NO3/c1-12-6-3-7-15-10-8(11(13)14)4-2-5-9(10)12/h2,4-5H,3,6-7H2,1H3,(H,13,14). The van der Waals surface area contributed by atoms with Crippen molar-refractivity contribution in [2.75, 3.05) is 25.1 Å². The van der Waals surface area contributed by atoms with Gasteiger partial charge in [0, 0.05) is 13.6 Å². The molecule has 0 aliphatic carbocycles. The topological polar surface area (TPSA) is 49.8 Å². The molecule has 1 aliphatic heterocycles.